The Morgan fingerprint density at radius 2 is 1.97 bits per heavy atom. The van der Waals surface area contributed by atoms with E-state index in [1.807, 2.05) is 50.2 Å². The van der Waals surface area contributed by atoms with Gasteiger partial charge in [-0.1, -0.05) is 44.2 Å². The number of nitriles is 1. The van der Waals surface area contributed by atoms with Crippen molar-refractivity contribution in [1.82, 2.24) is 4.90 Å². The molecule has 6 nitrogen and oxygen atoms in total. The molecule has 0 saturated carbocycles. The summed E-state index contributed by atoms with van der Waals surface area (Å²) >= 11 is 0. The molecule has 1 atom stereocenters. The number of nitrogens with zero attached hydrogens (tertiary/aromatic N) is 2. The van der Waals surface area contributed by atoms with Crippen LogP contribution in [0, 0.1) is 17.2 Å². The van der Waals surface area contributed by atoms with Crippen LogP contribution in [0.2, 0.25) is 0 Å². The Hall–Kier alpha value is -3.33. The summed E-state index contributed by atoms with van der Waals surface area (Å²) in [5.41, 5.74) is 2.82. The fourth-order valence-electron chi connectivity index (χ4n) is 3.72. The maximum atomic E-state index is 13.2. The molecule has 0 radical (unpaired) electrons. The van der Waals surface area contributed by atoms with E-state index >= 15 is 0 Å². The van der Waals surface area contributed by atoms with E-state index < -0.39 is 6.04 Å². The van der Waals surface area contributed by atoms with E-state index in [0.717, 1.165) is 11.1 Å². The van der Waals surface area contributed by atoms with Crippen LogP contribution in [-0.4, -0.2) is 29.4 Å². The van der Waals surface area contributed by atoms with Gasteiger partial charge in [0.2, 0.25) is 11.8 Å². The highest BCUT2D eigenvalue weighted by atomic mass is 16.5. The van der Waals surface area contributed by atoms with Gasteiger partial charge in [0.15, 0.2) is 0 Å². The number of nitrogens with one attached hydrogen (secondary N) is 1. The third-order valence-electron chi connectivity index (χ3n) is 5.26. The highest BCUT2D eigenvalue weighted by Gasteiger charge is 2.34. The Morgan fingerprint density at radius 3 is 2.71 bits per heavy atom. The van der Waals surface area contributed by atoms with Gasteiger partial charge >= 0.3 is 0 Å². The first-order valence-corrected chi connectivity index (χ1v) is 10.7. The number of fused-ring (bicyclic) bond motifs is 1. The summed E-state index contributed by atoms with van der Waals surface area (Å²) in [6.45, 7) is 4.91. The van der Waals surface area contributed by atoms with Crippen molar-refractivity contribution in [3.8, 4) is 11.8 Å². The SMILES string of the molecule is CC(C)CC(=O)N1Cc2ccccc2CC1C(=O)Nc1cccc(OCCCC#N)c1. The Kier molecular flexibility index (Phi) is 7.66. The summed E-state index contributed by atoms with van der Waals surface area (Å²) in [6.07, 6.45) is 2.01. The molecule has 1 aliphatic heterocycles. The first kappa shape index (κ1) is 22.4. The third-order valence-corrected chi connectivity index (χ3v) is 5.26. The number of hydrogen-bond donors (Lipinski definition) is 1. The molecule has 162 valence electrons. The van der Waals surface area contributed by atoms with Crippen LogP contribution in [0.15, 0.2) is 48.5 Å². The molecule has 31 heavy (non-hydrogen) atoms. The minimum atomic E-state index is -0.554. The van der Waals surface area contributed by atoms with Crippen LogP contribution in [0.5, 0.6) is 5.75 Å². The van der Waals surface area contributed by atoms with Crippen molar-refractivity contribution in [3.05, 3.63) is 59.7 Å². The number of amides is 2. The predicted octanol–water partition coefficient (Wildman–Crippen LogP) is 4.31. The summed E-state index contributed by atoms with van der Waals surface area (Å²) < 4.78 is 5.66. The fourth-order valence-corrected chi connectivity index (χ4v) is 3.72. The second kappa shape index (κ2) is 10.6. The van der Waals surface area contributed by atoms with E-state index in [0.29, 0.717) is 50.3 Å². The number of rotatable bonds is 8. The van der Waals surface area contributed by atoms with Crippen LogP contribution in [-0.2, 0) is 22.6 Å². The molecule has 2 amide bonds. The van der Waals surface area contributed by atoms with Gasteiger partial charge < -0.3 is 15.0 Å². The summed E-state index contributed by atoms with van der Waals surface area (Å²) in [7, 11) is 0. The standard InChI is InChI=1S/C25H29N3O3/c1-18(2)14-24(29)28-17-20-9-4-3-8-19(20)15-23(28)25(30)27-21-10-7-11-22(16-21)31-13-6-5-12-26/h3-4,7-11,16,18,23H,5-6,13-15,17H2,1-2H3,(H,27,30). The number of ether oxygens (including phenoxy) is 1. The quantitative estimate of drug-likeness (QED) is 0.647. The van der Waals surface area contributed by atoms with Crippen molar-refractivity contribution in [3.63, 3.8) is 0 Å². The van der Waals surface area contributed by atoms with Crippen LogP contribution in [0.25, 0.3) is 0 Å². The van der Waals surface area contributed by atoms with E-state index in [4.69, 9.17) is 10.00 Å². The van der Waals surface area contributed by atoms with Gasteiger partial charge in [-0.3, -0.25) is 9.59 Å². The Bertz CT molecular complexity index is 964. The van der Waals surface area contributed by atoms with Crippen LogP contribution >= 0.6 is 0 Å². The number of hydrogen-bond acceptors (Lipinski definition) is 4. The second-order valence-corrected chi connectivity index (χ2v) is 8.24. The summed E-state index contributed by atoms with van der Waals surface area (Å²) in [5, 5.41) is 11.6. The predicted molar refractivity (Wildman–Crippen MR) is 119 cm³/mol. The number of anilines is 1. The molecule has 0 aromatic heterocycles. The number of unbranched alkanes of at least 4 members (excludes halogenated alkanes) is 1. The molecule has 1 heterocycles. The molecule has 0 saturated heterocycles. The number of benzene rings is 2. The number of carbonyl (C=O) groups excluding carboxylic acids is 2. The Balaban J connectivity index is 1.73. The van der Waals surface area contributed by atoms with Gasteiger partial charge in [-0.25, -0.2) is 0 Å². The molecule has 0 fully saturated rings. The lowest BCUT2D eigenvalue weighted by atomic mass is 9.92. The van der Waals surface area contributed by atoms with E-state index in [1.54, 1.807) is 17.0 Å². The van der Waals surface area contributed by atoms with Crippen molar-refractivity contribution in [1.29, 1.82) is 5.26 Å². The van der Waals surface area contributed by atoms with Crippen molar-refractivity contribution in [2.75, 3.05) is 11.9 Å². The Labute approximate surface area is 183 Å². The minimum Gasteiger partial charge on any atom is -0.493 e. The molecule has 6 heteroatoms. The lowest BCUT2D eigenvalue weighted by molar-refractivity contribution is -0.140. The van der Waals surface area contributed by atoms with Gasteiger partial charge in [0.1, 0.15) is 11.8 Å². The molecule has 2 aromatic carbocycles. The van der Waals surface area contributed by atoms with E-state index in [2.05, 4.69) is 11.4 Å². The normalized spacial score (nSPS) is 15.2. The highest BCUT2D eigenvalue weighted by Crippen LogP contribution is 2.26. The maximum absolute atomic E-state index is 13.2. The molecule has 1 aliphatic rings. The van der Waals surface area contributed by atoms with Gasteiger partial charge in [-0.15, -0.1) is 0 Å². The highest BCUT2D eigenvalue weighted by molar-refractivity contribution is 5.97. The first-order chi connectivity index (χ1) is 15.0. The van der Waals surface area contributed by atoms with Gasteiger partial charge in [0.25, 0.3) is 0 Å². The van der Waals surface area contributed by atoms with E-state index in [9.17, 15) is 9.59 Å². The smallest absolute Gasteiger partial charge is 0.247 e. The molecule has 3 rings (SSSR count). The lowest BCUT2D eigenvalue weighted by Crippen LogP contribution is -2.50. The van der Waals surface area contributed by atoms with Crippen LogP contribution < -0.4 is 10.1 Å². The largest absolute Gasteiger partial charge is 0.493 e. The first-order valence-electron chi connectivity index (χ1n) is 10.7. The third kappa shape index (κ3) is 6.08. The molecular formula is C25H29N3O3. The molecule has 1 N–H and O–H groups in total. The fraction of sp³-hybridized carbons (Fsp3) is 0.400. The molecule has 2 aromatic rings. The van der Waals surface area contributed by atoms with Crippen LogP contribution in [0.4, 0.5) is 5.69 Å². The van der Waals surface area contributed by atoms with Crippen molar-refractivity contribution >= 4 is 17.5 Å². The average Bonchev–Trinajstić information content (AvgIpc) is 2.75. The summed E-state index contributed by atoms with van der Waals surface area (Å²) in [5.74, 6) is 0.660. The van der Waals surface area contributed by atoms with Crippen LogP contribution in [0.3, 0.4) is 0 Å². The Morgan fingerprint density at radius 1 is 1.19 bits per heavy atom. The average molecular weight is 420 g/mol. The van der Waals surface area contributed by atoms with E-state index in [-0.39, 0.29) is 17.7 Å². The van der Waals surface area contributed by atoms with Gasteiger partial charge in [0.05, 0.1) is 12.7 Å². The van der Waals surface area contributed by atoms with Gasteiger partial charge in [-0.2, -0.15) is 5.26 Å². The van der Waals surface area contributed by atoms with Crippen molar-refractivity contribution in [2.24, 2.45) is 5.92 Å². The molecule has 0 aliphatic carbocycles. The minimum absolute atomic E-state index is 0.000713. The second-order valence-electron chi connectivity index (χ2n) is 8.24. The zero-order chi connectivity index (χ0) is 22.2. The molecule has 1 unspecified atom stereocenters. The molecular weight excluding hydrogens is 390 g/mol. The zero-order valence-electron chi connectivity index (χ0n) is 18.1. The topological polar surface area (TPSA) is 82.4 Å². The monoisotopic (exact) mass is 419 g/mol. The molecule has 0 bridgehead atoms. The number of carbonyl (C=O) groups is 2. The zero-order valence-corrected chi connectivity index (χ0v) is 18.1. The van der Waals surface area contributed by atoms with E-state index in [1.165, 1.54) is 0 Å². The summed E-state index contributed by atoms with van der Waals surface area (Å²) in [6, 6.07) is 16.7. The lowest BCUT2D eigenvalue weighted by Gasteiger charge is -2.36. The maximum Gasteiger partial charge on any atom is 0.247 e. The van der Waals surface area contributed by atoms with Crippen molar-refractivity contribution < 1.29 is 14.3 Å². The van der Waals surface area contributed by atoms with Gasteiger partial charge in [0, 0.05) is 37.6 Å². The molecule has 0 spiro atoms. The van der Waals surface area contributed by atoms with Crippen LogP contribution in [0.1, 0.15) is 44.2 Å². The van der Waals surface area contributed by atoms with Crippen molar-refractivity contribution in [2.45, 2.75) is 52.1 Å². The summed E-state index contributed by atoms with van der Waals surface area (Å²) in [4.78, 5) is 27.8. The van der Waals surface area contributed by atoms with Gasteiger partial charge in [-0.05, 0) is 35.6 Å².